The van der Waals surface area contributed by atoms with E-state index in [1.165, 1.54) is 0 Å². The summed E-state index contributed by atoms with van der Waals surface area (Å²) in [5, 5.41) is 13.3. The Balaban J connectivity index is 1.78. The quantitative estimate of drug-likeness (QED) is 0.444. The zero-order valence-corrected chi connectivity index (χ0v) is 16.2. The molecule has 0 unspecified atom stereocenters. The molecule has 0 aromatic heterocycles. The molecule has 6 nitrogen and oxygen atoms in total. The second-order valence-corrected chi connectivity index (χ2v) is 6.77. The molecule has 0 aliphatic heterocycles. The zero-order valence-electron chi connectivity index (χ0n) is 15.4. The number of esters is 1. The van der Waals surface area contributed by atoms with Crippen molar-refractivity contribution in [1.29, 1.82) is 5.26 Å². The number of thiocyanates is 1. The third-order valence-electron chi connectivity index (χ3n) is 3.83. The summed E-state index contributed by atoms with van der Waals surface area (Å²) in [5.41, 5.74) is 3.61. The first-order valence-corrected chi connectivity index (χ1v) is 9.03. The summed E-state index contributed by atoms with van der Waals surface area (Å²) < 4.78 is 10.3. The summed E-state index contributed by atoms with van der Waals surface area (Å²) in [6.07, 6.45) is 0. The van der Waals surface area contributed by atoms with Crippen LogP contribution in [0.1, 0.15) is 16.7 Å². The number of rotatable bonds is 7. The van der Waals surface area contributed by atoms with Crippen LogP contribution in [0.3, 0.4) is 0 Å². The van der Waals surface area contributed by atoms with Gasteiger partial charge in [0, 0.05) is 10.6 Å². The number of nitrogens with zero attached hydrogens (tertiary/aromatic N) is 1. The van der Waals surface area contributed by atoms with Gasteiger partial charge in [-0.2, -0.15) is 5.26 Å². The second-order valence-electron chi connectivity index (χ2n) is 5.91. The third-order valence-corrected chi connectivity index (χ3v) is 4.42. The minimum atomic E-state index is -0.624. The molecule has 27 heavy (non-hydrogen) atoms. The molecular weight excluding hydrogens is 364 g/mol. The van der Waals surface area contributed by atoms with Crippen molar-refractivity contribution in [1.82, 2.24) is 0 Å². The van der Waals surface area contributed by atoms with Crippen molar-refractivity contribution in [2.75, 3.05) is 18.5 Å². The van der Waals surface area contributed by atoms with E-state index in [0.717, 1.165) is 33.3 Å². The normalized spacial score (nSPS) is 10.0. The van der Waals surface area contributed by atoms with Crippen LogP contribution >= 0.6 is 11.8 Å². The average Bonchev–Trinajstić information content (AvgIpc) is 2.63. The van der Waals surface area contributed by atoms with Crippen molar-refractivity contribution in [3.05, 3.63) is 53.1 Å². The van der Waals surface area contributed by atoms with Crippen LogP contribution in [0.4, 0.5) is 5.69 Å². The molecule has 0 saturated heterocycles. The summed E-state index contributed by atoms with van der Waals surface area (Å²) in [6.45, 7) is 5.10. The van der Waals surface area contributed by atoms with Crippen molar-refractivity contribution in [3.8, 4) is 11.2 Å². The number of carbonyl (C=O) groups excluding carboxylic acids is 2. The second kappa shape index (κ2) is 9.64. The van der Waals surface area contributed by atoms with Crippen LogP contribution in [0.5, 0.6) is 5.75 Å². The third kappa shape index (κ3) is 6.35. The van der Waals surface area contributed by atoms with Gasteiger partial charge in [-0.1, -0.05) is 6.07 Å². The van der Waals surface area contributed by atoms with E-state index in [1.807, 2.05) is 38.3 Å². The topological polar surface area (TPSA) is 88.4 Å². The summed E-state index contributed by atoms with van der Waals surface area (Å²) in [6, 6.07) is 10.8. The van der Waals surface area contributed by atoms with E-state index in [9.17, 15) is 9.59 Å². The number of anilines is 1. The fourth-order valence-electron chi connectivity index (χ4n) is 2.21. The summed E-state index contributed by atoms with van der Waals surface area (Å²) in [4.78, 5) is 24.5. The van der Waals surface area contributed by atoms with Gasteiger partial charge < -0.3 is 14.8 Å². The number of ether oxygens (including phenoxy) is 2. The van der Waals surface area contributed by atoms with E-state index in [-0.39, 0.29) is 6.61 Å². The van der Waals surface area contributed by atoms with Gasteiger partial charge in [-0.05, 0) is 79.6 Å². The van der Waals surface area contributed by atoms with Gasteiger partial charge in [0.15, 0.2) is 13.2 Å². The molecule has 0 saturated carbocycles. The lowest BCUT2D eigenvalue weighted by atomic mass is 10.1. The number of benzene rings is 2. The highest BCUT2D eigenvalue weighted by atomic mass is 32.2. The molecule has 7 heteroatoms. The molecule has 0 bridgehead atoms. The van der Waals surface area contributed by atoms with E-state index < -0.39 is 18.5 Å². The molecule has 2 rings (SSSR count). The lowest BCUT2D eigenvalue weighted by Gasteiger charge is -2.10. The fourth-order valence-corrected chi connectivity index (χ4v) is 2.69. The van der Waals surface area contributed by atoms with E-state index in [1.54, 1.807) is 24.3 Å². The minimum absolute atomic E-state index is 0.269. The Kier molecular flexibility index (Phi) is 7.26. The molecule has 0 aliphatic rings. The van der Waals surface area contributed by atoms with Crippen molar-refractivity contribution < 1.29 is 19.1 Å². The van der Waals surface area contributed by atoms with Crippen molar-refractivity contribution in [2.24, 2.45) is 0 Å². The molecule has 140 valence electrons. The van der Waals surface area contributed by atoms with Crippen LogP contribution in [0, 0.1) is 31.4 Å². The molecule has 2 aromatic carbocycles. The van der Waals surface area contributed by atoms with Crippen molar-refractivity contribution in [2.45, 2.75) is 25.7 Å². The standard InChI is InChI=1S/C20H20N2O4S/c1-13-4-5-16(8-14(13)2)25-11-20(24)26-10-19(23)22-18-7-6-17(27-12-21)9-15(18)3/h4-9H,10-11H2,1-3H3,(H,22,23). The zero-order chi connectivity index (χ0) is 19.8. The van der Waals surface area contributed by atoms with E-state index >= 15 is 0 Å². The molecule has 0 spiro atoms. The molecular formula is C20H20N2O4S. The molecule has 0 heterocycles. The molecule has 2 aromatic rings. The number of amides is 1. The number of nitriles is 1. The van der Waals surface area contributed by atoms with Gasteiger partial charge in [0.25, 0.3) is 5.91 Å². The Hall–Kier alpha value is -2.98. The highest BCUT2D eigenvalue weighted by Crippen LogP contribution is 2.23. The van der Waals surface area contributed by atoms with E-state index in [4.69, 9.17) is 14.7 Å². The first kappa shape index (κ1) is 20.3. The Morgan fingerprint density at radius 2 is 1.81 bits per heavy atom. The largest absolute Gasteiger partial charge is 0.482 e. The van der Waals surface area contributed by atoms with Gasteiger partial charge in [0.05, 0.1) is 0 Å². The number of hydrogen-bond donors (Lipinski definition) is 1. The highest BCUT2D eigenvalue weighted by Gasteiger charge is 2.10. The van der Waals surface area contributed by atoms with E-state index in [2.05, 4.69) is 5.32 Å². The lowest BCUT2D eigenvalue weighted by molar-refractivity contribution is -0.149. The molecule has 1 N–H and O–H groups in total. The maximum Gasteiger partial charge on any atom is 0.344 e. The monoisotopic (exact) mass is 384 g/mol. The van der Waals surface area contributed by atoms with Crippen LogP contribution in [0.15, 0.2) is 41.3 Å². The Morgan fingerprint density at radius 1 is 1.04 bits per heavy atom. The number of hydrogen-bond acceptors (Lipinski definition) is 6. The van der Waals surface area contributed by atoms with Gasteiger partial charge in [-0.25, -0.2) is 4.79 Å². The minimum Gasteiger partial charge on any atom is -0.482 e. The predicted molar refractivity (Wildman–Crippen MR) is 104 cm³/mol. The number of nitrogens with one attached hydrogen (secondary N) is 1. The first-order chi connectivity index (χ1) is 12.9. The van der Waals surface area contributed by atoms with Crippen LogP contribution in [0.2, 0.25) is 0 Å². The molecule has 0 aliphatic carbocycles. The molecule has 0 radical (unpaired) electrons. The Bertz CT molecular complexity index is 890. The van der Waals surface area contributed by atoms with Crippen LogP contribution in [0.25, 0.3) is 0 Å². The van der Waals surface area contributed by atoms with Crippen molar-refractivity contribution >= 4 is 29.3 Å². The first-order valence-electron chi connectivity index (χ1n) is 8.21. The highest BCUT2D eigenvalue weighted by molar-refractivity contribution is 8.03. The fraction of sp³-hybridized carbons (Fsp3) is 0.250. The van der Waals surface area contributed by atoms with Gasteiger partial charge in [-0.3, -0.25) is 4.79 Å². The summed E-state index contributed by atoms with van der Waals surface area (Å²) in [7, 11) is 0. The van der Waals surface area contributed by atoms with Crippen molar-refractivity contribution in [3.63, 3.8) is 0 Å². The predicted octanol–water partition coefficient (Wildman–Crippen LogP) is 3.75. The van der Waals surface area contributed by atoms with E-state index in [0.29, 0.717) is 11.4 Å². The maximum absolute atomic E-state index is 11.9. The SMILES string of the molecule is Cc1ccc(OCC(=O)OCC(=O)Nc2ccc(SC#N)cc2C)cc1C. The molecule has 1 amide bonds. The molecule has 0 atom stereocenters. The number of aryl methyl sites for hydroxylation is 3. The molecule has 0 fully saturated rings. The van der Waals surface area contributed by atoms with Gasteiger partial charge in [0.2, 0.25) is 0 Å². The maximum atomic E-state index is 11.9. The number of carbonyl (C=O) groups is 2. The Labute approximate surface area is 162 Å². The Morgan fingerprint density at radius 3 is 2.48 bits per heavy atom. The smallest absolute Gasteiger partial charge is 0.344 e. The summed E-state index contributed by atoms with van der Waals surface area (Å²) in [5.74, 6) is -0.496. The van der Waals surface area contributed by atoms with Gasteiger partial charge in [-0.15, -0.1) is 0 Å². The summed E-state index contributed by atoms with van der Waals surface area (Å²) >= 11 is 1.05. The number of thioether (sulfide) groups is 1. The lowest BCUT2D eigenvalue weighted by Crippen LogP contribution is -2.24. The van der Waals surface area contributed by atoms with Crippen LogP contribution < -0.4 is 10.1 Å². The van der Waals surface area contributed by atoms with Gasteiger partial charge in [0.1, 0.15) is 11.2 Å². The van der Waals surface area contributed by atoms with Gasteiger partial charge >= 0.3 is 5.97 Å². The average molecular weight is 384 g/mol. The van der Waals surface area contributed by atoms with Crippen LogP contribution in [-0.2, 0) is 14.3 Å². The van der Waals surface area contributed by atoms with Crippen LogP contribution in [-0.4, -0.2) is 25.1 Å².